The van der Waals surface area contributed by atoms with E-state index in [9.17, 15) is 17.8 Å². The van der Waals surface area contributed by atoms with Crippen LogP contribution in [0.3, 0.4) is 0 Å². The van der Waals surface area contributed by atoms with Gasteiger partial charge in [-0.1, -0.05) is 12.1 Å². The van der Waals surface area contributed by atoms with Gasteiger partial charge in [0.2, 0.25) is 5.75 Å². The predicted octanol–water partition coefficient (Wildman–Crippen LogP) is -1.55. The number of hydrogen-bond donors (Lipinski definition) is 1. The number of aromatic amines is 1. The van der Waals surface area contributed by atoms with E-state index in [2.05, 4.69) is 14.2 Å². The number of nitrogens with zero attached hydrogens (tertiary/aromatic N) is 1. The summed E-state index contributed by atoms with van der Waals surface area (Å²) in [6.45, 7) is 0. The molecule has 0 spiro atoms. The fourth-order valence-electron chi connectivity index (χ4n) is 2.42. The summed E-state index contributed by atoms with van der Waals surface area (Å²) >= 11 is 0. The van der Waals surface area contributed by atoms with E-state index in [-0.39, 0.29) is 52.4 Å². The molecule has 0 unspecified atom stereocenters. The maximum Gasteiger partial charge on any atom is 1.00 e. The predicted molar refractivity (Wildman–Crippen MR) is 91.2 cm³/mol. The number of rotatable bonds is 5. The maximum atomic E-state index is 12.2. The van der Waals surface area contributed by atoms with Gasteiger partial charge in [-0.25, -0.2) is 13.4 Å². The molecule has 0 saturated heterocycles. The average molecular weight is 400 g/mol. The summed E-state index contributed by atoms with van der Waals surface area (Å²) in [5, 5.41) is 0.424. The Morgan fingerprint density at radius 1 is 1.07 bits per heavy atom. The van der Waals surface area contributed by atoms with Crippen LogP contribution in [0.15, 0.2) is 41.2 Å². The fraction of sp³-hybridized carbons (Fsp3) is 0.125. The zero-order valence-electron chi connectivity index (χ0n) is 14.7. The first kappa shape index (κ1) is 21.2. The Kier molecular flexibility index (Phi) is 6.50. The van der Waals surface area contributed by atoms with Crippen LogP contribution in [0.2, 0.25) is 0 Å². The summed E-state index contributed by atoms with van der Waals surface area (Å²) in [7, 11) is -2.51. The molecule has 1 N–H and O–H groups in total. The molecule has 0 radical (unpaired) electrons. The van der Waals surface area contributed by atoms with Crippen LogP contribution in [-0.2, 0) is 10.4 Å². The molecular formula is C16H13N2NaO7S. The van der Waals surface area contributed by atoms with Gasteiger partial charge in [-0.2, -0.15) is 0 Å². The maximum absolute atomic E-state index is 12.2. The molecule has 0 saturated carbocycles. The van der Waals surface area contributed by atoms with Gasteiger partial charge >= 0.3 is 29.6 Å². The SMILES string of the molecule is COc1cc(-c2nc3ccccc3c(=O)[nH]2)cc(OC)c1OS(=O)(=O)[O-].[Na+]. The standard InChI is InChI=1S/C16H14N2O7S.Na/c1-23-12-7-9(8-13(24-2)14(12)25-26(20,21)22)15-17-11-6-4-3-5-10(11)16(19)18-15;/h3-8H,1-2H3,(H,17,18,19)(H,20,21,22);/q;+1/p-1. The molecule has 9 nitrogen and oxygen atoms in total. The Hall–Kier alpha value is -2.11. The largest absolute Gasteiger partial charge is 1.00 e. The summed E-state index contributed by atoms with van der Waals surface area (Å²) in [5.41, 5.74) is 0.509. The van der Waals surface area contributed by atoms with Gasteiger partial charge in [0.25, 0.3) is 16.0 Å². The topological polar surface area (TPSA) is 131 Å². The first-order valence-corrected chi connectivity index (χ1v) is 8.56. The average Bonchev–Trinajstić information content (AvgIpc) is 2.60. The third-order valence-corrected chi connectivity index (χ3v) is 3.90. The van der Waals surface area contributed by atoms with Crippen molar-refractivity contribution in [2.75, 3.05) is 14.2 Å². The Balaban J connectivity index is 0.00000261. The van der Waals surface area contributed by atoms with E-state index in [0.717, 1.165) is 0 Å². The van der Waals surface area contributed by atoms with Crippen LogP contribution in [0.25, 0.3) is 22.3 Å². The second-order valence-electron chi connectivity index (χ2n) is 5.13. The Labute approximate surface area is 176 Å². The van der Waals surface area contributed by atoms with Crippen molar-refractivity contribution in [3.8, 4) is 28.6 Å². The van der Waals surface area contributed by atoms with Crippen LogP contribution in [0.4, 0.5) is 0 Å². The molecule has 0 atom stereocenters. The number of fused-ring (bicyclic) bond motifs is 1. The van der Waals surface area contributed by atoms with Crippen LogP contribution < -0.4 is 48.8 Å². The van der Waals surface area contributed by atoms with Gasteiger partial charge in [0.15, 0.2) is 11.5 Å². The molecule has 2 aromatic carbocycles. The van der Waals surface area contributed by atoms with Crippen LogP contribution >= 0.6 is 0 Å². The number of benzene rings is 2. The molecule has 1 aromatic heterocycles. The van der Waals surface area contributed by atoms with E-state index in [1.54, 1.807) is 24.3 Å². The quantitative estimate of drug-likeness (QED) is 0.309. The molecule has 3 aromatic rings. The number of ether oxygens (including phenoxy) is 2. The van der Waals surface area contributed by atoms with Crippen molar-refractivity contribution in [2.45, 2.75) is 0 Å². The van der Waals surface area contributed by atoms with E-state index in [0.29, 0.717) is 16.5 Å². The summed E-state index contributed by atoms with van der Waals surface area (Å²) in [5.74, 6) is -0.331. The van der Waals surface area contributed by atoms with Crippen molar-refractivity contribution in [2.24, 2.45) is 0 Å². The van der Waals surface area contributed by atoms with E-state index < -0.39 is 16.1 Å². The molecule has 136 valence electrons. The van der Waals surface area contributed by atoms with Gasteiger partial charge in [0.1, 0.15) is 5.82 Å². The molecule has 0 amide bonds. The molecule has 11 heteroatoms. The zero-order valence-corrected chi connectivity index (χ0v) is 17.5. The minimum absolute atomic E-state index is 0. The van der Waals surface area contributed by atoms with Crippen molar-refractivity contribution >= 4 is 21.3 Å². The van der Waals surface area contributed by atoms with Gasteiger partial charge in [-0.15, -0.1) is 0 Å². The van der Waals surface area contributed by atoms with E-state index in [4.69, 9.17) is 9.47 Å². The van der Waals surface area contributed by atoms with E-state index >= 15 is 0 Å². The van der Waals surface area contributed by atoms with Crippen molar-refractivity contribution in [3.05, 3.63) is 46.8 Å². The molecule has 0 fully saturated rings. The van der Waals surface area contributed by atoms with Crippen LogP contribution in [0.1, 0.15) is 0 Å². The number of para-hydroxylation sites is 1. The van der Waals surface area contributed by atoms with Gasteiger partial charge in [0.05, 0.1) is 25.1 Å². The number of aromatic nitrogens is 2. The van der Waals surface area contributed by atoms with Crippen LogP contribution in [0, 0.1) is 0 Å². The van der Waals surface area contributed by atoms with Crippen molar-refractivity contribution < 1.29 is 56.2 Å². The molecular weight excluding hydrogens is 387 g/mol. The van der Waals surface area contributed by atoms with Gasteiger partial charge in [-0.3, -0.25) is 4.79 Å². The molecule has 1 heterocycles. The minimum atomic E-state index is -5.04. The summed E-state index contributed by atoms with van der Waals surface area (Å²) in [4.78, 5) is 19.2. The number of nitrogens with one attached hydrogen (secondary N) is 1. The monoisotopic (exact) mass is 400 g/mol. The third-order valence-electron chi connectivity index (χ3n) is 3.53. The van der Waals surface area contributed by atoms with Gasteiger partial charge < -0.3 is 23.2 Å². The number of H-pyrrole nitrogens is 1. The first-order chi connectivity index (χ1) is 12.3. The smallest absolute Gasteiger partial charge is 0.716 e. The van der Waals surface area contributed by atoms with Gasteiger partial charge in [0, 0.05) is 5.56 Å². The van der Waals surface area contributed by atoms with Crippen molar-refractivity contribution in [3.63, 3.8) is 0 Å². The Bertz CT molecular complexity index is 1120. The molecule has 0 bridgehead atoms. The third kappa shape index (κ3) is 4.60. The van der Waals surface area contributed by atoms with Crippen LogP contribution in [0.5, 0.6) is 17.2 Å². The minimum Gasteiger partial charge on any atom is -0.716 e. The molecule has 0 aliphatic heterocycles. The molecule has 0 aliphatic carbocycles. The second kappa shape index (κ2) is 8.28. The van der Waals surface area contributed by atoms with Gasteiger partial charge in [-0.05, 0) is 24.3 Å². The molecule has 27 heavy (non-hydrogen) atoms. The zero-order chi connectivity index (χ0) is 18.9. The molecule has 3 rings (SSSR count). The summed E-state index contributed by atoms with van der Waals surface area (Å²) in [6, 6.07) is 9.54. The Morgan fingerprint density at radius 2 is 1.67 bits per heavy atom. The van der Waals surface area contributed by atoms with Crippen molar-refractivity contribution in [1.82, 2.24) is 9.97 Å². The van der Waals surface area contributed by atoms with E-state index in [1.165, 1.54) is 26.4 Å². The molecule has 0 aliphatic rings. The van der Waals surface area contributed by atoms with E-state index in [1.807, 2.05) is 0 Å². The summed E-state index contributed by atoms with van der Waals surface area (Å²) < 4.78 is 47.4. The first-order valence-electron chi connectivity index (χ1n) is 7.23. The Morgan fingerprint density at radius 3 is 2.22 bits per heavy atom. The van der Waals surface area contributed by atoms with Crippen molar-refractivity contribution in [1.29, 1.82) is 0 Å². The number of methoxy groups -OCH3 is 2. The summed E-state index contributed by atoms with van der Waals surface area (Å²) in [6.07, 6.45) is 0. The van der Waals surface area contributed by atoms with Crippen LogP contribution in [-0.4, -0.2) is 37.2 Å². The fourth-order valence-corrected chi connectivity index (χ4v) is 2.79. The second-order valence-corrected chi connectivity index (χ2v) is 6.12. The number of hydrogen-bond acceptors (Lipinski definition) is 8. The normalized spacial score (nSPS) is 10.9.